The molecule has 0 saturated carbocycles. The number of aryl methyl sites for hydroxylation is 1. The van der Waals surface area contributed by atoms with Crippen LogP contribution in [-0.2, 0) is 0 Å². The minimum atomic E-state index is 0.575. The molecule has 0 aliphatic carbocycles. The topological polar surface area (TPSA) is 15.3 Å². The van der Waals surface area contributed by atoms with Crippen LogP contribution in [-0.4, -0.2) is 25.5 Å². The number of anilines is 1. The molecule has 0 bridgehead atoms. The van der Waals surface area contributed by atoms with Crippen molar-refractivity contribution in [2.45, 2.75) is 19.4 Å². The first-order valence-corrected chi connectivity index (χ1v) is 5.20. The standard InChI is InChI=1S/C12H18N2/c1-9-5-4-6-10-11(14(2)3)7-8-13-12(9)10/h4-6,11,13H,7-8H2,1-3H3. The zero-order chi connectivity index (χ0) is 10.1. The van der Waals surface area contributed by atoms with Gasteiger partial charge >= 0.3 is 0 Å². The number of nitrogens with zero attached hydrogens (tertiary/aromatic N) is 1. The molecule has 0 spiro atoms. The first-order chi connectivity index (χ1) is 6.70. The maximum Gasteiger partial charge on any atom is 0.0418 e. The Morgan fingerprint density at radius 1 is 1.36 bits per heavy atom. The summed E-state index contributed by atoms with van der Waals surface area (Å²) in [6.45, 7) is 3.25. The average molecular weight is 190 g/mol. The molecule has 2 nitrogen and oxygen atoms in total. The molecule has 0 radical (unpaired) electrons. The normalized spacial score (nSPS) is 20.4. The largest absolute Gasteiger partial charge is 0.384 e. The second kappa shape index (κ2) is 3.62. The third-order valence-electron chi connectivity index (χ3n) is 3.01. The summed E-state index contributed by atoms with van der Waals surface area (Å²) in [4.78, 5) is 2.30. The van der Waals surface area contributed by atoms with Crippen molar-refractivity contribution in [1.29, 1.82) is 0 Å². The van der Waals surface area contributed by atoms with Gasteiger partial charge in [0, 0.05) is 18.3 Å². The number of para-hydroxylation sites is 1. The van der Waals surface area contributed by atoms with Crippen molar-refractivity contribution in [3.05, 3.63) is 29.3 Å². The summed E-state index contributed by atoms with van der Waals surface area (Å²) in [5.41, 5.74) is 4.15. The molecule has 1 unspecified atom stereocenters. The predicted octanol–water partition coefficient (Wildman–Crippen LogP) is 2.41. The molecule has 1 aliphatic rings. The third-order valence-corrected chi connectivity index (χ3v) is 3.01. The summed E-state index contributed by atoms with van der Waals surface area (Å²) in [5.74, 6) is 0. The van der Waals surface area contributed by atoms with E-state index in [-0.39, 0.29) is 0 Å². The molecule has 1 aromatic carbocycles. The van der Waals surface area contributed by atoms with Crippen molar-refractivity contribution in [3.8, 4) is 0 Å². The summed E-state index contributed by atoms with van der Waals surface area (Å²) in [6.07, 6.45) is 1.20. The Hall–Kier alpha value is -1.02. The molecule has 0 amide bonds. The highest BCUT2D eigenvalue weighted by Crippen LogP contribution is 2.34. The quantitative estimate of drug-likeness (QED) is 0.731. The number of benzene rings is 1. The highest BCUT2D eigenvalue weighted by molar-refractivity contribution is 5.59. The summed E-state index contributed by atoms with van der Waals surface area (Å²) in [7, 11) is 4.31. The van der Waals surface area contributed by atoms with Crippen LogP contribution in [0.25, 0.3) is 0 Å². The number of rotatable bonds is 1. The highest BCUT2D eigenvalue weighted by Gasteiger charge is 2.21. The Bertz CT molecular complexity index is 331. The predicted molar refractivity (Wildman–Crippen MR) is 60.7 cm³/mol. The van der Waals surface area contributed by atoms with Crippen LogP contribution in [0.4, 0.5) is 5.69 Å². The first-order valence-electron chi connectivity index (χ1n) is 5.20. The van der Waals surface area contributed by atoms with Gasteiger partial charge in [0.05, 0.1) is 0 Å². The SMILES string of the molecule is Cc1cccc2c1NCCC2N(C)C. The van der Waals surface area contributed by atoms with Gasteiger partial charge in [0.25, 0.3) is 0 Å². The fourth-order valence-electron chi connectivity index (χ4n) is 2.24. The smallest absolute Gasteiger partial charge is 0.0418 e. The Balaban J connectivity index is 2.44. The average Bonchev–Trinajstić information content (AvgIpc) is 2.17. The molecule has 2 heteroatoms. The van der Waals surface area contributed by atoms with Gasteiger partial charge in [0.1, 0.15) is 0 Å². The van der Waals surface area contributed by atoms with Gasteiger partial charge in [-0.25, -0.2) is 0 Å². The van der Waals surface area contributed by atoms with Crippen molar-refractivity contribution < 1.29 is 0 Å². The molecule has 14 heavy (non-hydrogen) atoms. The summed E-state index contributed by atoms with van der Waals surface area (Å²) >= 11 is 0. The number of fused-ring (bicyclic) bond motifs is 1. The monoisotopic (exact) mass is 190 g/mol. The zero-order valence-corrected chi connectivity index (χ0v) is 9.17. The van der Waals surface area contributed by atoms with E-state index in [0.717, 1.165) is 6.54 Å². The molecule has 76 valence electrons. The van der Waals surface area contributed by atoms with E-state index in [1.807, 2.05) is 0 Å². The molecule has 2 rings (SSSR count). The summed E-state index contributed by atoms with van der Waals surface area (Å²) in [5, 5.41) is 3.49. The van der Waals surface area contributed by atoms with Crippen molar-refractivity contribution in [3.63, 3.8) is 0 Å². The van der Waals surface area contributed by atoms with Crippen LogP contribution in [0.2, 0.25) is 0 Å². The second-order valence-corrected chi connectivity index (χ2v) is 4.23. The van der Waals surface area contributed by atoms with Gasteiger partial charge in [-0.3, -0.25) is 0 Å². The van der Waals surface area contributed by atoms with E-state index in [4.69, 9.17) is 0 Å². The first kappa shape index (κ1) is 9.53. The van der Waals surface area contributed by atoms with Crippen molar-refractivity contribution in [2.24, 2.45) is 0 Å². The van der Waals surface area contributed by atoms with Gasteiger partial charge in [0.15, 0.2) is 0 Å². The van der Waals surface area contributed by atoms with Gasteiger partial charge in [-0.15, -0.1) is 0 Å². The number of hydrogen-bond acceptors (Lipinski definition) is 2. The third kappa shape index (κ3) is 1.50. The molecule has 0 aromatic heterocycles. The van der Waals surface area contributed by atoms with E-state index < -0.39 is 0 Å². The molecule has 1 atom stereocenters. The molecule has 1 N–H and O–H groups in total. The lowest BCUT2D eigenvalue weighted by Gasteiger charge is -2.32. The minimum Gasteiger partial charge on any atom is -0.384 e. The van der Waals surface area contributed by atoms with Gasteiger partial charge in [-0.2, -0.15) is 0 Å². The van der Waals surface area contributed by atoms with Crippen LogP contribution >= 0.6 is 0 Å². The molecular formula is C12H18N2. The fraction of sp³-hybridized carbons (Fsp3) is 0.500. The Morgan fingerprint density at radius 2 is 2.14 bits per heavy atom. The maximum atomic E-state index is 3.49. The number of hydrogen-bond donors (Lipinski definition) is 1. The van der Waals surface area contributed by atoms with Gasteiger partial charge in [-0.05, 0) is 38.6 Å². The van der Waals surface area contributed by atoms with E-state index in [1.165, 1.54) is 23.2 Å². The van der Waals surface area contributed by atoms with Crippen LogP contribution in [0.1, 0.15) is 23.6 Å². The van der Waals surface area contributed by atoms with Gasteiger partial charge < -0.3 is 10.2 Å². The number of nitrogens with one attached hydrogen (secondary N) is 1. The summed E-state index contributed by atoms with van der Waals surface area (Å²) in [6, 6.07) is 7.13. The van der Waals surface area contributed by atoms with Crippen molar-refractivity contribution in [2.75, 3.05) is 26.0 Å². The van der Waals surface area contributed by atoms with Crippen LogP contribution in [0, 0.1) is 6.92 Å². The molecule has 1 aromatic rings. The van der Waals surface area contributed by atoms with Crippen molar-refractivity contribution >= 4 is 5.69 Å². The van der Waals surface area contributed by atoms with E-state index in [2.05, 4.69) is 49.4 Å². The highest BCUT2D eigenvalue weighted by atomic mass is 15.1. The van der Waals surface area contributed by atoms with Crippen LogP contribution in [0.5, 0.6) is 0 Å². The molecule has 1 heterocycles. The van der Waals surface area contributed by atoms with E-state index in [1.54, 1.807) is 0 Å². The lowest BCUT2D eigenvalue weighted by Crippen LogP contribution is -2.27. The van der Waals surface area contributed by atoms with Gasteiger partial charge in [-0.1, -0.05) is 18.2 Å². The van der Waals surface area contributed by atoms with Gasteiger partial charge in [0.2, 0.25) is 0 Å². The maximum absolute atomic E-state index is 3.49. The lowest BCUT2D eigenvalue weighted by molar-refractivity contribution is 0.284. The lowest BCUT2D eigenvalue weighted by atomic mass is 9.95. The van der Waals surface area contributed by atoms with E-state index in [9.17, 15) is 0 Å². The van der Waals surface area contributed by atoms with Crippen LogP contribution < -0.4 is 5.32 Å². The second-order valence-electron chi connectivity index (χ2n) is 4.23. The fourth-order valence-corrected chi connectivity index (χ4v) is 2.24. The Labute approximate surface area is 85.9 Å². The zero-order valence-electron chi connectivity index (χ0n) is 9.17. The Kier molecular flexibility index (Phi) is 2.46. The molecule has 0 saturated heterocycles. The van der Waals surface area contributed by atoms with E-state index >= 15 is 0 Å². The molecule has 0 fully saturated rings. The van der Waals surface area contributed by atoms with Crippen LogP contribution in [0.15, 0.2) is 18.2 Å². The molecule has 1 aliphatic heterocycles. The van der Waals surface area contributed by atoms with Crippen LogP contribution in [0.3, 0.4) is 0 Å². The summed E-state index contributed by atoms with van der Waals surface area (Å²) < 4.78 is 0. The molecular weight excluding hydrogens is 172 g/mol. The van der Waals surface area contributed by atoms with Crippen molar-refractivity contribution in [1.82, 2.24) is 4.90 Å². The minimum absolute atomic E-state index is 0.575. The Morgan fingerprint density at radius 3 is 2.86 bits per heavy atom. The van der Waals surface area contributed by atoms with E-state index in [0.29, 0.717) is 6.04 Å².